The largest absolute Gasteiger partial charge is 0.508 e. The molecule has 21 heavy (non-hydrogen) atoms. The van der Waals surface area contributed by atoms with Gasteiger partial charge in [0.05, 0.1) is 12.1 Å². The van der Waals surface area contributed by atoms with Gasteiger partial charge in [-0.05, 0) is 36.6 Å². The first-order valence-electron chi connectivity index (χ1n) is 6.95. The minimum absolute atomic E-state index is 0.0791. The molecule has 4 nitrogen and oxygen atoms in total. The summed E-state index contributed by atoms with van der Waals surface area (Å²) in [5.41, 5.74) is 7.90. The molecule has 0 fully saturated rings. The quantitative estimate of drug-likeness (QED) is 0.787. The van der Waals surface area contributed by atoms with Crippen molar-refractivity contribution in [1.29, 1.82) is 0 Å². The summed E-state index contributed by atoms with van der Waals surface area (Å²) in [4.78, 5) is 12.1. The Morgan fingerprint density at radius 1 is 1.14 bits per heavy atom. The number of carbonyl (C=O) groups is 1. The van der Waals surface area contributed by atoms with E-state index in [1.165, 1.54) is 0 Å². The second kappa shape index (κ2) is 6.90. The summed E-state index contributed by atoms with van der Waals surface area (Å²) in [5, 5.41) is 12.1. The Hall–Kier alpha value is -2.33. The van der Waals surface area contributed by atoms with Gasteiger partial charge in [0.1, 0.15) is 5.75 Å². The lowest BCUT2D eigenvalue weighted by atomic mass is 10.0. The van der Waals surface area contributed by atoms with Crippen molar-refractivity contribution in [3.63, 3.8) is 0 Å². The third-order valence-corrected chi connectivity index (χ3v) is 3.39. The maximum atomic E-state index is 12.1. The summed E-state index contributed by atoms with van der Waals surface area (Å²) in [6, 6.07) is 15.8. The van der Waals surface area contributed by atoms with Crippen molar-refractivity contribution in [1.82, 2.24) is 5.32 Å². The third-order valence-electron chi connectivity index (χ3n) is 3.39. The fourth-order valence-electron chi connectivity index (χ4n) is 2.12. The molecule has 2 rings (SSSR count). The smallest absolute Gasteiger partial charge is 0.237 e. The first kappa shape index (κ1) is 15.1. The van der Waals surface area contributed by atoms with Crippen LogP contribution in [0.3, 0.4) is 0 Å². The molecule has 2 aromatic rings. The zero-order valence-electron chi connectivity index (χ0n) is 12.0. The van der Waals surface area contributed by atoms with Crippen LogP contribution >= 0.6 is 0 Å². The van der Waals surface area contributed by atoms with Crippen molar-refractivity contribution in [2.75, 3.05) is 0 Å². The van der Waals surface area contributed by atoms with E-state index in [2.05, 4.69) is 5.32 Å². The van der Waals surface area contributed by atoms with Gasteiger partial charge in [-0.1, -0.05) is 42.5 Å². The molecule has 0 saturated carbocycles. The van der Waals surface area contributed by atoms with Gasteiger partial charge in [0, 0.05) is 0 Å². The van der Waals surface area contributed by atoms with E-state index in [9.17, 15) is 9.90 Å². The fourth-order valence-corrected chi connectivity index (χ4v) is 2.12. The number of nitrogens with one attached hydrogen (secondary N) is 1. The monoisotopic (exact) mass is 284 g/mol. The van der Waals surface area contributed by atoms with Gasteiger partial charge in [-0.25, -0.2) is 0 Å². The van der Waals surface area contributed by atoms with E-state index in [1.807, 2.05) is 37.3 Å². The molecule has 2 atom stereocenters. The van der Waals surface area contributed by atoms with Crippen LogP contribution in [0.5, 0.6) is 5.75 Å². The number of aromatic hydroxyl groups is 1. The highest BCUT2D eigenvalue weighted by atomic mass is 16.3. The van der Waals surface area contributed by atoms with Gasteiger partial charge in [0.25, 0.3) is 0 Å². The fraction of sp³-hybridized carbons (Fsp3) is 0.235. The van der Waals surface area contributed by atoms with Crippen molar-refractivity contribution in [2.45, 2.75) is 25.4 Å². The van der Waals surface area contributed by atoms with Crippen molar-refractivity contribution < 1.29 is 9.90 Å². The summed E-state index contributed by atoms with van der Waals surface area (Å²) in [7, 11) is 0. The van der Waals surface area contributed by atoms with Crippen LogP contribution in [-0.2, 0) is 11.2 Å². The van der Waals surface area contributed by atoms with Gasteiger partial charge in [-0.2, -0.15) is 0 Å². The van der Waals surface area contributed by atoms with Crippen LogP contribution < -0.4 is 11.1 Å². The van der Waals surface area contributed by atoms with Crippen LogP contribution in [0.4, 0.5) is 0 Å². The Morgan fingerprint density at radius 3 is 2.38 bits per heavy atom. The van der Waals surface area contributed by atoms with Gasteiger partial charge in [-0.3, -0.25) is 4.79 Å². The first-order valence-corrected chi connectivity index (χ1v) is 6.95. The molecular formula is C17H20N2O2. The van der Waals surface area contributed by atoms with Crippen molar-refractivity contribution in [3.8, 4) is 5.75 Å². The van der Waals surface area contributed by atoms with Crippen LogP contribution in [0.2, 0.25) is 0 Å². The molecule has 0 spiro atoms. The number of phenols is 1. The Balaban J connectivity index is 1.92. The molecule has 1 amide bonds. The predicted molar refractivity (Wildman–Crippen MR) is 82.8 cm³/mol. The molecule has 0 heterocycles. The standard InChI is InChI=1S/C17H20N2O2/c1-12(14-5-3-2-4-6-14)19-17(21)16(18)11-13-7-9-15(20)10-8-13/h2-10,12,16,20H,11,18H2,1H3,(H,19,21)/t12?,16-/m0/s1. The summed E-state index contributed by atoms with van der Waals surface area (Å²) in [6.07, 6.45) is 0.438. The van der Waals surface area contributed by atoms with Gasteiger partial charge < -0.3 is 16.2 Å². The molecule has 0 aliphatic heterocycles. The van der Waals surface area contributed by atoms with Crippen LogP contribution in [0.25, 0.3) is 0 Å². The second-order valence-electron chi connectivity index (χ2n) is 5.12. The van der Waals surface area contributed by atoms with Crippen molar-refractivity contribution in [2.24, 2.45) is 5.73 Å². The lowest BCUT2D eigenvalue weighted by Crippen LogP contribution is -2.42. The maximum absolute atomic E-state index is 12.1. The summed E-state index contributed by atoms with van der Waals surface area (Å²) >= 11 is 0. The lowest BCUT2D eigenvalue weighted by molar-refractivity contribution is -0.123. The van der Waals surface area contributed by atoms with Gasteiger partial charge in [-0.15, -0.1) is 0 Å². The Morgan fingerprint density at radius 2 is 1.76 bits per heavy atom. The van der Waals surface area contributed by atoms with Crippen molar-refractivity contribution >= 4 is 5.91 Å². The minimum Gasteiger partial charge on any atom is -0.508 e. The summed E-state index contributed by atoms with van der Waals surface area (Å²) in [5.74, 6) is 0.0221. The van der Waals surface area contributed by atoms with Crippen LogP contribution in [0, 0.1) is 0 Å². The van der Waals surface area contributed by atoms with Crippen molar-refractivity contribution in [3.05, 3.63) is 65.7 Å². The first-order chi connectivity index (χ1) is 10.1. The van der Waals surface area contributed by atoms with E-state index in [4.69, 9.17) is 5.73 Å². The molecule has 110 valence electrons. The molecular weight excluding hydrogens is 264 g/mol. The number of benzene rings is 2. The lowest BCUT2D eigenvalue weighted by Gasteiger charge is -2.18. The number of phenolic OH excluding ortho intramolecular Hbond substituents is 1. The molecule has 4 heteroatoms. The minimum atomic E-state index is -0.610. The highest BCUT2D eigenvalue weighted by Gasteiger charge is 2.16. The topological polar surface area (TPSA) is 75.4 Å². The summed E-state index contributed by atoms with van der Waals surface area (Å²) < 4.78 is 0. The maximum Gasteiger partial charge on any atom is 0.237 e. The molecule has 0 bridgehead atoms. The molecule has 1 unspecified atom stereocenters. The van der Waals surface area contributed by atoms with Crippen LogP contribution in [0.1, 0.15) is 24.1 Å². The third kappa shape index (κ3) is 4.33. The highest BCUT2D eigenvalue weighted by molar-refractivity contribution is 5.82. The zero-order valence-corrected chi connectivity index (χ0v) is 12.0. The molecule has 2 aromatic carbocycles. The van der Waals surface area contributed by atoms with Gasteiger partial charge in [0.2, 0.25) is 5.91 Å². The molecule has 0 aliphatic rings. The number of hydrogen-bond donors (Lipinski definition) is 3. The van der Waals surface area contributed by atoms with Crippen LogP contribution in [-0.4, -0.2) is 17.1 Å². The molecule has 0 aliphatic carbocycles. The normalized spacial score (nSPS) is 13.4. The molecule has 4 N–H and O–H groups in total. The Labute approximate surface area is 124 Å². The van der Waals surface area contributed by atoms with Crippen LogP contribution in [0.15, 0.2) is 54.6 Å². The Bertz CT molecular complexity index is 581. The second-order valence-corrected chi connectivity index (χ2v) is 5.12. The molecule has 0 aromatic heterocycles. The number of amides is 1. The average Bonchev–Trinajstić information content (AvgIpc) is 2.50. The number of rotatable bonds is 5. The molecule has 0 radical (unpaired) electrons. The predicted octanol–water partition coefficient (Wildman–Crippen LogP) is 2.14. The number of carbonyl (C=O) groups excluding carboxylic acids is 1. The average molecular weight is 284 g/mol. The zero-order chi connectivity index (χ0) is 15.2. The van der Waals surface area contributed by atoms with E-state index in [-0.39, 0.29) is 17.7 Å². The number of nitrogens with two attached hydrogens (primary N) is 1. The van der Waals surface area contributed by atoms with E-state index in [0.29, 0.717) is 6.42 Å². The molecule has 0 saturated heterocycles. The number of hydrogen-bond acceptors (Lipinski definition) is 3. The SMILES string of the molecule is CC(NC(=O)[C@@H](N)Cc1ccc(O)cc1)c1ccccc1. The van der Waals surface area contributed by atoms with E-state index >= 15 is 0 Å². The van der Waals surface area contributed by atoms with E-state index in [0.717, 1.165) is 11.1 Å². The highest BCUT2D eigenvalue weighted by Crippen LogP contribution is 2.13. The van der Waals surface area contributed by atoms with Gasteiger partial charge in [0.15, 0.2) is 0 Å². The van der Waals surface area contributed by atoms with E-state index < -0.39 is 6.04 Å². The Kier molecular flexibility index (Phi) is 4.95. The van der Waals surface area contributed by atoms with E-state index in [1.54, 1.807) is 24.3 Å². The summed E-state index contributed by atoms with van der Waals surface area (Å²) in [6.45, 7) is 1.93. The van der Waals surface area contributed by atoms with Gasteiger partial charge >= 0.3 is 0 Å².